The summed E-state index contributed by atoms with van der Waals surface area (Å²) in [5.41, 5.74) is 1.19. The zero-order valence-electron chi connectivity index (χ0n) is 13.2. The third-order valence-electron chi connectivity index (χ3n) is 4.46. The topological polar surface area (TPSA) is 54.2 Å². The van der Waals surface area contributed by atoms with Crippen LogP contribution in [0.4, 0.5) is 0 Å². The van der Waals surface area contributed by atoms with Crippen LogP contribution >= 0.6 is 0 Å². The van der Waals surface area contributed by atoms with Crippen LogP contribution in [0.5, 0.6) is 0 Å². The number of fused-ring (bicyclic) bond motifs is 1. The summed E-state index contributed by atoms with van der Waals surface area (Å²) >= 11 is 0. The summed E-state index contributed by atoms with van der Waals surface area (Å²) in [4.78, 5) is 6.87. The normalized spacial score (nSPS) is 19.3. The molecule has 3 aromatic rings. The summed E-state index contributed by atoms with van der Waals surface area (Å²) in [6.07, 6.45) is 0.668. The fourth-order valence-corrected chi connectivity index (χ4v) is 3.09. The van der Waals surface area contributed by atoms with E-state index in [1.165, 1.54) is 16.3 Å². The van der Waals surface area contributed by atoms with Crippen LogP contribution in [0.3, 0.4) is 0 Å². The predicted octanol–water partition coefficient (Wildman–Crippen LogP) is 2.39. The van der Waals surface area contributed by atoms with Crippen LogP contribution in [0.15, 0.2) is 47.0 Å². The van der Waals surface area contributed by atoms with E-state index in [-0.39, 0.29) is 6.04 Å². The van der Waals surface area contributed by atoms with Crippen molar-refractivity contribution in [1.29, 1.82) is 0 Å². The van der Waals surface area contributed by atoms with Crippen LogP contribution in [0, 0.1) is 0 Å². The minimum Gasteiger partial charge on any atom is -0.339 e. The molecule has 1 saturated heterocycles. The van der Waals surface area contributed by atoms with Gasteiger partial charge in [0.15, 0.2) is 5.82 Å². The van der Waals surface area contributed by atoms with E-state index in [0.717, 1.165) is 25.5 Å². The average Bonchev–Trinajstić information content (AvgIpc) is 3.03. The summed E-state index contributed by atoms with van der Waals surface area (Å²) in [6.45, 7) is 2.87. The van der Waals surface area contributed by atoms with Gasteiger partial charge in [0.1, 0.15) is 0 Å². The molecule has 1 unspecified atom stereocenters. The second-order valence-electron chi connectivity index (χ2n) is 6.11. The van der Waals surface area contributed by atoms with E-state index >= 15 is 0 Å². The molecule has 0 aliphatic carbocycles. The van der Waals surface area contributed by atoms with Crippen molar-refractivity contribution in [2.24, 2.45) is 0 Å². The van der Waals surface area contributed by atoms with Crippen LogP contribution in [0.1, 0.15) is 23.3 Å². The Balaban J connectivity index is 1.54. The highest BCUT2D eigenvalue weighted by Gasteiger charge is 2.25. The first kappa shape index (κ1) is 14.4. The van der Waals surface area contributed by atoms with Crippen LogP contribution in [0.25, 0.3) is 10.8 Å². The van der Waals surface area contributed by atoms with Crippen molar-refractivity contribution in [2.75, 3.05) is 26.7 Å². The SMILES string of the molecule is CN1CCNCC1c1noc(Cc2ccc3ccccc3c2)n1. The quantitative estimate of drug-likeness (QED) is 0.805. The Morgan fingerprint density at radius 2 is 2.09 bits per heavy atom. The summed E-state index contributed by atoms with van der Waals surface area (Å²) in [5.74, 6) is 1.45. The van der Waals surface area contributed by atoms with Gasteiger partial charge in [0, 0.05) is 19.6 Å². The smallest absolute Gasteiger partial charge is 0.231 e. The summed E-state index contributed by atoms with van der Waals surface area (Å²) < 4.78 is 5.47. The van der Waals surface area contributed by atoms with E-state index in [0.29, 0.717) is 12.3 Å². The maximum Gasteiger partial charge on any atom is 0.231 e. The van der Waals surface area contributed by atoms with Crippen molar-refractivity contribution in [1.82, 2.24) is 20.4 Å². The molecule has 0 radical (unpaired) electrons. The number of nitrogens with zero attached hydrogens (tertiary/aromatic N) is 3. The lowest BCUT2D eigenvalue weighted by Crippen LogP contribution is -2.44. The Morgan fingerprint density at radius 1 is 1.22 bits per heavy atom. The Hall–Kier alpha value is -2.24. The Bertz CT molecular complexity index is 813. The highest BCUT2D eigenvalue weighted by molar-refractivity contribution is 5.83. The molecule has 1 fully saturated rings. The zero-order valence-corrected chi connectivity index (χ0v) is 13.2. The van der Waals surface area contributed by atoms with Gasteiger partial charge in [-0.05, 0) is 23.4 Å². The number of hydrogen-bond acceptors (Lipinski definition) is 5. The van der Waals surface area contributed by atoms with Crippen LogP contribution in [0.2, 0.25) is 0 Å². The molecule has 5 nitrogen and oxygen atoms in total. The Morgan fingerprint density at radius 3 is 2.96 bits per heavy atom. The van der Waals surface area contributed by atoms with Crippen molar-refractivity contribution in [3.05, 3.63) is 59.7 Å². The second kappa shape index (κ2) is 6.10. The molecule has 0 spiro atoms. The maximum absolute atomic E-state index is 5.47. The highest BCUT2D eigenvalue weighted by atomic mass is 16.5. The van der Waals surface area contributed by atoms with E-state index in [4.69, 9.17) is 4.52 Å². The molecule has 1 aromatic heterocycles. The summed E-state index contributed by atoms with van der Waals surface area (Å²) in [7, 11) is 2.10. The van der Waals surface area contributed by atoms with Gasteiger partial charge in [0.05, 0.1) is 12.5 Å². The molecule has 1 aliphatic heterocycles. The van der Waals surface area contributed by atoms with Gasteiger partial charge in [0.2, 0.25) is 5.89 Å². The third-order valence-corrected chi connectivity index (χ3v) is 4.46. The lowest BCUT2D eigenvalue weighted by atomic mass is 10.1. The molecule has 0 amide bonds. The van der Waals surface area contributed by atoms with Gasteiger partial charge >= 0.3 is 0 Å². The fourth-order valence-electron chi connectivity index (χ4n) is 3.09. The van der Waals surface area contributed by atoms with Crippen molar-refractivity contribution < 1.29 is 4.52 Å². The number of aromatic nitrogens is 2. The van der Waals surface area contributed by atoms with Crippen molar-refractivity contribution in [3.8, 4) is 0 Å². The number of likely N-dealkylation sites (N-methyl/N-ethyl adjacent to an activating group) is 1. The van der Waals surface area contributed by atoms with Crippen molar-refractivity contribution in [2.45, 2.75) is 12.5 Å². The number of hydrogen-bond donors (Lipinski definition) is 1. The zero-order chi connectivity index (χ0) is 15.6. The molecule has 1 atom stereocenters. The van der Waals surface area contributed by atoms with E-state index in [1.54, 1.807) is 0 Å². The van der Waals surface area contributed by atoms with Gasteiger partial charge in [-0.2, -0.15) is 4.98 Å². The largest absolute Gasteiger partial charge is 0.339 e. The minimum absolute atomic E-state index is 0.192. The molecule has 2 aromatic carbocycles. The van der Waals surface area contributed by atoms with Gasteiger partial charge in [0.25, 0.3) is 0 Å². The molecule has 4 rings (SSSR count). The Labute approximate surface area is 135 Å². The first-order valence-electron chi connectivity index (χ1n) is 8.01. The molecule has 0 bridgehead atoms. The number of nitrogens with one attached hydrogen (secondary N) is 1. The molecule has 0 saturated carbocycles. The fraction of sp³-hybridized carbons (Fsp3) is 0.333. The van der Waals surface area contributed by atoms with Crippen LogP contribution < -0.4 is 5.32 Å². The van der Waals surface area contributed by atoms with Crippen LogP contribution in [-0.2, 0) is 6.42 Å². The monoisotopic (exact) mass is 308 g/mol. The number of piperazine rings is 1. The molecular weight excluding hydrogens is 288 g/mol. The standard InChI is InChI=1S/C18H20N4O/c1-22-9-8-19-12-16(22)18-20-17(23-21-18)11-13-6-7-14-4-2-3-5-15(14)10-13/h2-7,10,16,19H,8-9,11-12H2,1H3. The van der Waals surface area contributed by atoms with E-state index in [9.17, 15) is 0 Å². The molecular formula is C18H20N4O. The van der Waals surface area contributed by atoms with Gasteiger partial charge in [-0.3, -0.25) is 4.90 Å². The molecule has 118 valence electrons. The molecule has 1 N–H and O–H groups in total. The van der Waals surface area contributed by atoms with Crippen LogP contribution in [-0.4, -0.2) is 41.7 Å². The van der Waals surface area contributed by atoms with Crippen molar-refractivity contribution in [3.63, 3.8) is 0 Å². The second-order valence-corrected chi connectivity index (χ2v) is 6.11. The number of rotatable bonds is 3. The molecule has 2 heterocycles. The highest BCUT2D eigenvalue weighted by Crippen LogP contribution is 2.20. The number of benzene rings is 2. The summed E-state index contributed by atoms with van der Waals surface area (Å²) in [6, 6.07) is 15.0. The lowest BCUT2D eigenvalue weighted by molar-refractivity contribution is 0.190. The molecule has 23 heavy (non-hydrogen) atoms. The molecule has 5 heteroatoms. The van der Waals surface area contributed by atoms with E-state index in [2.05, 4.69) is 69.9 Å². The van der Waals surface area contributed by atoms with Gasteiger partial charge < -0.3 is 9.84 Å². The van der Waals surface area contributed by atoms with Gasteiger partial charge in [-0.25, -0.2) is 0 Å². The maximum atomic E-state index is 5.47. The van der Waals surface area contributed by atoms with Crippen molar-refractivity contribution >= 4 is 10.8 Å². The predicted molar refractivity (Wildman–Crippen MR) is 89.3 cm³/mol. The average molecular weight is 308 g/mol. The third kappa shape index (κ3) is 2.98. The van der Waals surface area contributed by atoms with E-state index in [1.807, 2.05) is 0 Å². The lowest BCUT2D eigenvalue weighted by Gasteiger charge is -2.30. The van der Waals surface area contributed by atoms with Gasteiger partial charge in [-0.1, -0.05) is 47.6 Å². The Kier molecular flexibility index (Phi) is 3.81. The first-order chi connectivity index (χ1) is 11.3. The molecule has 1 aliphatic rings. The summed E-state index contributed by atoms with van der Waals surface area (Å²) in [5, 5.41) is 10.0. The van der Waals surface area contributed by atoms with Gasteiger partial charge in [-0.15, -0.1) is 0 Å². The first-order valence-corrected chi connectivity index (χ1v) is 8.01. The minimum atomic E-state index is 0.192. The van der Waals surface area contributed by atoms with E-state index < -0.39 is 0 Å².